The van der Waals surface area contributed by atoms with Crippen LogP contribution in [0, 0.1) is 6.92 Å². The van der Waals surface area contributed by atoms with Crippen molar-refractivity contribution in [2.24, 2.45) is 0 Å². The van der Waals surface area contributed by atoms with Crippen molar-refractivity contribution in [3.8, 4) is 0 Å². The summed E-state index contributed by atoms with van der Waals surface area (Å²) in [5.74, 6) is 1.14. The number of nitrogens with zero attached hydrogens (tertiary/aromatic N) is 3. The van der Waals surface area contributed by atoms with E-state index in [9.17, 15) is 4.79 Å². The molecule has 3 N–H and O–H groups in total. The van der Waals surface area contributed by atoms with Crippen molar-refractivity contribution in [1.29, 1.82) is 0 Å². The molecule has 1 aromatic carbocycles. The number of aryl methyl sites for hydroxylation is 1. The zero-order valence-corrected chi connectivity index (χ0v) is 14.7. The van der Waals surface area contributed by atoms with E-state index in [1.54, 1.807) is 12.4 Å². The summed E-state index contributed by atoms with van der Waals surface area (Å²) in [6.45, 7) is 4.00. The van der Waals surface area contributed by atoms with Crippen molar-refractivity contribution in [2.45, 2.75) is 20.4 Å². The number of pyridine rings is 1. The van der Waals surface area contributed by atoms with Gasteiger partial charge < -0.3 is 16.0 Å². The summed E-state index contributed by atoms with van der Waals surface area (Å²) in [6.07, 6.45) is 3.55. The number of nitrogens with one attached hydrogen (secondary N) is 3. The van der Waals surface area contributed by atoms with Crippen LogP contribution in [0.1, 0.15) is 18.2 Å². The van der Waals surface area contributed by atoms with Gasteiger partial charge in [0.1, 0.15) is 5.82 Å². The molecule has 3 aromatic rings. The normalized spacial score (nSPS) is 10.2. The van der Waals surface area contributed by atoms with Crippen molar-refractivity contribution in [2.75, 3.05) is 16.0 Å². The average molecular weight is 348 g/mol. The van der Waals surface area contributed by atoms with Crippen LogP contribution in [0.4, 0.5) is 23.1 Å². The van der Waals surface area contributed by atoms with E-state index < -0.39 is 0 Å². The third-order valence-corrected chi connectivity index (χ3v) is 3.51. The van der Waals surface area contributed by atoms with Crippen LogP contribution < -0.4 is 16.0 Å². The summed E-state index contributed by atoms with van der Waals surface area (Å²) in [6, 6.07) is 13.2. The van der Waals surface area contributed by atoms with Gasteiger partial charge in [0.05, 0.1) is 0 Å². The zero-order valence-electron chi connectivity index (χ0n) is 14.7. The van der Waals surface area contributed by atoms with Gasteiger partial charge in [0.15, 0.2) is 0 Å². The van der Waals surface area contributed by atoms with Gasteiger partial charge in [-0.2, -0.15) is 4.98 Å². The molecule has 1 amide bonds. The molecule has 0 bridgehead atoms. The lowest BCUT2D eigenvalue weighted by Gasteiger charge is -2.10. The first-order chi connectivity index (χ1) is 12.6. The third kappa shape index (κ3) is 5.01. The minimum Gasteiger partial charge on any atom is -0.350 e. The Kier molecular flexibility index (Phi) is 5.38. The first-order valence-electron chi connectivity index (χ1n) is 8.21. The first kappa shape index (κ1) is 17.3. The third-order valence-electron chi connectivity index (χ3n) is 3.51. The molecule has 7 nitrogen and oxygen atoms in total. The Bertz CT molecular complexity index is 880. The molecule has 0 fully saturated rings. The number of anilines is 4. The van der Waals surface area contributed by atoms with Crippen LogP contribution in [-0.2, 0) is 11.3 Å². The van der Waals surface area contributed by atoms with Crippen molar-refractivity contribution in [3.63, 3.8) is 0 Å². The second-order valence-electron chi connectivity index (χ2n) is 5.82. The topological polar surface area (TPSA) is 91.8 Å². The van der Waals surface area contributed by atoms with Crippen molar-refractivity contribution in [3.05, 3.63) is 66.1 Å². The molecule has 0 aliphatic rings. The number of carbonyl (C=O) groups excluding carboxylic acids is 1. The van der Waals surface area contributed by atoms with E-state index in [4.69, 9.17) is 0 Å². The van der Waals surface area contributed by atoms with Gasteiger partial charge in [-0.05, 0) is 42.8 Å². The highest BCUT2D eigenvalue weighted by Gasteiger charge is 2.04. The fourth-order valence-electron chi connectivity index (χ4n) is 2.38. The molecule has 0 aliphatic carbocycles. The van der Waals surface area contributed by atoms with Crippen LogP contribution in [0.25, 0.3) is 0 Å². The van der Waals surface area contributed by atoms with Crippen LogP contribution in [-0.4, -0.2) is 20.9 Å². The van der Waals surface area contributed by atoms with Gasteiger partial charge in [0, 0.05) is 49.0 Å². The summed E-state index contributed by atoms with van der Waals surface area (Å²) in [5, 5.41) is 9.20. The van der Waals surface area contributed by atoms with Crippen molar-refractivity contribution in [1.82, 2.24) is 15.0 Å². The lowest BCUT2D eigenvalue weighted by Crippen LogP contribution is -2.07. The highest BCUT2D eigenvalue weighted by Crippen LogP contribution is 2.19. The predicted octanol–water partition coefficient (Wildman–Crippen LogP) is 3.49. The van der Waals surface area contributed by atoms with Gasteiger partial charge in [-0.1, -0.05) is 6.07 Å². The van der Waals surface area contributed by atoms with Crippen molar-refractivity contribution < 1.29 is 4.79 Å². The van der Waals surface area contributed by atoms with Crippen molar-refractivity contribution >= 4 is 29.0 Å². The Balaban J connectivity index is 1.68. The minimum absolute atomic E-state index is 0.0959. The fraction of sp³-hybridized carbons (Fsp3) is 0.158. The number of hydrogen-bond acceptors (Lipinski definition) is 6. The van der Waals surface area contributed by atoms with Crippen LogP contribution in [0.3, 0.4) is 0 Å². The Hall–Kier alpha value is -3.48. The highest BCUT2D eigenvalue weighted by atomic mass is 16.1. The Morgan fingerprint density at radius 2 is 1.85 bits per heavy atom. The van der Waals surface area contributed by atoms with Crippen LogP contribution in [0.5, 0.6) is 0 Å². The molecule has 132 valence electrons. The van der Waals surface area contributed by atoms with Gasteiger partial charge in [0.2, 0.25) is 11.9 Å². The molecular weight excluding hydrogens is 328 g/mol. The average Bonchev–Trinajstić information content (AvgIpc) is 2.62. The maximum atomic E-state index is 11.1. The molecule has 0 saturated heterocycles. The molecule has 3 rings (SSSR count). The summed E-state index contributed by atoms with van der Waals surface area (Å²) >= 11 is 0. The molecule has 0 aliphatic heterocycles. The molecule has 0 radical (unpaired) electrons. The number of benzene rings is 1. The lowest BCUT2D eigenvalue weighted by atomic mass is 10.2. The Labute approximate surface area is 151 Å². The molecule has 0 spiro atoms. The summed E-state index contributed by atoms with van der Waals surface area (Å²) in [4.78, 5) is 24.1. The maximum absolute atomic E-state index is 11.1. The van der Waals surface area contributed by atoms with E-state index in [0.29, 0.717) is 18.3 Å². The van der Waals surface area contributed by atoms with Crippen LogP contribution in [0.15, 0.2) is 54.9 Å². The fourth-order valence-corrected chi connectivity index (χ4v) is 2.38. The number of amides is 1. The van der Waals surface area contributed by atoms with Crippen LogP contribution >= 0.6 is 0 Å². The van der Waals surface area contributed by atoms with Gasteiger partial charge in [-0.15, -0.1) is 0 Å². The quantitative estimate of drug-likeness (QED) is 0.631. The number of rotatable bonds is 6. The van der Waals surface area contributed by atoms with E-state index in [0.717, 1.165) is 22.6 Å². The Morgan fingerprint density at radius 3 is 2.54 bits per heavy atom. The van der Waals surface area contributed by atoms with E-state index in [-0.39, 0.29) is 5.91 Å². The molecule has 7 heteroatoms. The van der Waals surface area contributed by atoms with E-state index in [2.05, 4.69) is 30.9 Å². The standard InChI is InChI=1S/C19H20N6O/c1-13-10-18(24-17-7-5-16(6-8-17)23-14(2)26)25-19(22-13)21-12-15-4-3-9-20-11-15/h3-11H,12H2,1-2H3,(H,23,26)(H2,21,22,24,25). The van der Waals surface area contributed by atoms with E-state index in [1.165, 1.54) is 6.92 Å². The van der Waals surface area contributed by atoms with E-state index in [1.807, 2.05) is 49.4 Å². The molecule has 0 saturated carbocycles. The van der Waals surface area contributed by atoms with Crippen LogP contribution in [0.2, 0.25) is 0 Å². The zero-order chi connectivity index (χ0) is 18.4. The summed E-state index contributed by atoms with van der Waals surface area (Å²) in [7, 11) is 0. The summed E-state index contributed by atoms with van der Waals surface area (Å²) in [5.41, 5.74) is 3.53. The van der Waals surface area contributed by atoms with Gasteiger partial charge in [0.25, 0.3) is 0 Å². The summed E-state index contributed by atoms with van der Waals surface area (Å²) < 4.78 is 0. The predicted molar refractivity (Wildman–Crippen MR) is 102 cm³/mol. The second-order valence-corrected chi connectivity index (χ2v) is 5.82. The molecule has 2 heterocycles. The van der Waals surface area contributed by atoms with Gasteiger partial charge >= 0.3 is 0 Å². The first-order valence-corrected chi connectivity index (χ1v) is 8.21. The molecular formula is C19H20N6O. The minimum atomic E-state index is -0.0959. The smallest absolute Gasteiger partial charge is 0.225 e. The Morgan fingerprint density at radius 1 is 1.08 bits per heavy atom. The lowest BCUT2D eigenvalue weighted by molar-refractivity contribution is -0.114. The number of carbonyl (C=O) groups is 1. The molecule has 0 atom stereocenters. The maximum Gasteiger partial charge on any atom is 0.225 e. The second kappa shape index (κ2) is 8.06. The van der Waals surface area contributed by atoms with E-state index >= 15 is 0 Å². The SMILES string of the molecule is CC(=O)Nc1ccc(Nc2cc(C)nc(NCc3cccnc3)n2)cc1. The molecule has 0 unspecified atom stereocenters. The highest BCUT2D eigenvalue weighted by molar-refractivity contribution is 5.88. The van der Waals surface area contributed by atoms with Gasteiger partial charge in [-0.3, -0.25) is 9.78 Å². The number of hydrogen-bond donors (Lipinski definition) is 3. The monoisotopic (exact) mass is 348 g/mol. The molecule has 2 aromatic heterocycles. The molecule has 26 heavy (non-hydrogen) atoms. The van der Waals surface area contributed by atoms with Gasteiger partial charge in [-0.25, -0.2) is 4.98 Å². The number of aromatic nitrogens is 3. The largest absolute Gasteiger partial charge is 0.350 e.